The van der Waals surface area contributed by atoms with Crippen molar-refractivity contribution in [3.8, 4) is 0 Å². The number of aliphatic hydroxyl groups is 1. The zero-order valence-corrected chi connectivity index (χ0v) is 20.2. The van der Waals surface area contributed by atoms with E-state index in [2.05, 4.69) is 11.4 Å². The molecule has 1 saturated heterocycles. The van der Waals surface area contributed by atoms with Crippen molar-refractivity contribution >= 4 is 45.1 Å². The van der Waals surface area contributed by atoms with Crippen LogP contribution in [0, 0.1) is 0 Å². The molecule has 3 aliphatic heterocycles. The third-order valence-corrected chi connectivity index (χ3v) is 8.16. The second-order valence-corrected chi connectivity index (χ2v) is 10.1. The average molecular weight is 484 g/mol. The molecule has 4 unspecified atom stereocenters. The maximum atomic E-state index is 13.1. The molecule has 1 aromatic heterocycles. The minimum Gasteiger partial charge on any atom is -0.467 e. The van der Waals surface area contributed by atoms with Gasteiger partial charge < -0.3 is 24.5 Å². The van der Waals surface area contributed by atoms with Gasteiger partial charge in [-0.15, -0.1) is 0 Å². The molecule has 0 radical (unpaired) electrons. The number of ether oxygens (including phenoxy) is 2. The van der Waals surface area contributed by atoms with Crippen LogP contribution in [0.25, 0.3) is 21.8 Å². The predicted octanol–water partition coefficient (Wildman–Crippen LogP) is 3.72. The number of nitrogens with zero attached hydrogens (tertiary/aromatic N) is 2. The highest BCUT2D eigenvalue weighted by atomic mass is 16.6. The van der Waals surface area contributed by atoms with Gasteiger partial charge in [-0.2, -0.15) is 0 Å². The van der Waals surface area contributed by atoms with Crippen molar-refractivity contribution < 1.29 is 24.2 Å². The zero-order valence-electron chi connectivity index (χ0n) is 20.2. The van der Waals surface area contributed by atoms with Gasteiger partial charge in [-0.1, -0.05) is 36.4 Å². The summed E-state index contributed by atoms with van der Waals surface area (Å²) in [5.41, 5.74) is 2.04. The van der Waals surface area contributed by atoms with Crippen molar-refractivity contribution in [2.45, 2.75) is 50.2 Å². The first-order chi connectivity index (χ1) is 17.3. The number of amides is 1. The van der Waals surface area contributed by atoms with Gasteiger partial charge in [0.1, 0.15) is 0 Å². The van der Waals surface area contributed by atoms with Gasteiger partial charge in [0.15, 0.2) is 5.72 Å². The Hall–Kier alpha value is -3.75. The van der Waals surface area contributed by atoms with Crippen LogP contribution in [0.3, 0.4) is 0 Å². The fourth-order valence-corrected chi connectivity index (χ4v) is 6.68. The maximum Gasteiger partial charge on any atom is 0.343 e. The molecule has 1 aliphatic carbocycles. The molecular formula is C28H25N3O5. The molecule has 1 fully saturated rings. The fourth-order valence-electron chi connectivity index (χ4n) is 6.68. The zero-order chi connectivity index (χ0) is 25.0. The van der Waals surface area contributed by atoms with Gasteiger partial charge in [-0.25, -0.2) is 9.79 Å². The summed E-state index contributed by atoms with van der Waals surface area (Å²) in [6.07, 6.45) is 7.60. The molecule has 182 valence electrons. The van der Waals surface area contributed by atoms with E-state index in [0.717, 1.165) is 38.6 Å². The number of aliphatic imine (C=N–C) groups is 1. The lowest BCUT2D eigenvalue weighted by atomic mass is 9.85. The number of benzene rings is 2. The molecule has 4 heterocycles. The summed E-state index contributed by atoms with van der Waals surface area (Å²) >= 11 is 0. The summed E-state index contributed by atoms with van der Waals surface area (Å²) in [6.45, 7) is 3.96. The van der Waals surface area contributed by atoms with Crippen LogP contribution < -0.4 is 5.32 Å². The number of allylic oxidation sites excluding steroid dienone is 4. The Bertz CT molecular complexity index is 1630. The van der Waals surface area contributed by atoms with Crippen LogP contribution in [-0.2, 0) is 26.5 Å². The van der Waals surface area contributed by atoms with E-state index in [9.17, 15) is 14.7 Å². The molecular weight excluding hydrogens is 458 g/mol. The lowest BCUT2D eigenvalue weighted by Crippen LogP contribution is -2.56. The second-order valence-electron chi connectivity index (χ2n) is 10.1. The predicted molar refractivity (Wildman–Crippen MR) is 135 cm³/mol. The van der Waals surface area contributed by atoms with Crippen molar-refractivity contribution in [3.05, 3.63) is 65.3 Å². The standard InChI is InChI=1S/C28H25N3O5/c1-14-12-28(34,26(33)35-3)27(2,36-14)31-19-11-7-5-9-16(19)20-17-13-29-25(32)22(17)21-15-8-4-6-10-18(15)30-23(21)24(20)31/h4-11,14-15,34H,12-13H2,1-3H3,(H,29,32). The fraction of sp³-hybridized carbons (Fsp3) is 0.321. The van der Waals surface area contributed by atoms with E-state index >= 15 is 0 Å². The first kappa shape index (κ1) is 21.5. The Morgan fingerprint density at radius 3 is 2.92 bits per heavy atom. The third kappa shape index (κ3) is 2.38. The van der Waals surface area contributed by atoms with Crippen molar-refractivity contribution in [1.82, 2.24) is 9.88 Å². The number of hydrogen-bond donors (Lipinski definition) is 2. The lowest BCUT2D eigenvalue weighted by Gasteiger charge is -2.38. The van der Waals surface area contributed by atoms with Crippen molar-refractivity contribution in [1.29, 1.82) is 0 Å². The van der Waals surface area contributed by atoms with E-state index in [1.54, 1.807) is 6.92 Å². The minimum absolute atomic E-state index is 0.0833. The van der Waals surface area contributed by atoms with Gasteiger partial charge in [-0.05, 0) is 31.6 Å². The largest absolute Gasteiger partial charge is 0.467 e. The summed E-state index contributed by atoms with van der Waals surface area (Å²) in [7, 11) is 1.27. The Kier molecular flexibility index (Phi) is 4.14. The molecule has 36 heavy (non-hydrogen) atoms. The van der Waals surface area contributed by atoms with Crippen LogP contribution in [-0.4, -0.2) is 46.1 Å². The molecule has 8 heteroatoms. The number of esters is 1. The number of aromatic nitrogens is 1. The number of hydrogen-bond acceptors (Lipinski definition) is 6. The highest BCUT2D eigenvalue weighted by Crippen LogP contribution is 2.54. The van der Waals surface area contributed by atoms with Crippen LogP contribution in [0.5, 0.6) is 0 Å². The van der Waals surface area contributed by atoms with Gasteiger partial charge in [0.25, 0.3) is 5.91 Å². The first-order valence-electron chi connectivity index (χ1n) is 12.1. The van der Waals surface area contributed by atoms with E-state index in [0.29, 0.717) is 17.8 Å². The normalized spacial score (nSPS) is 29.9. The van der Waals surface area contributed by atoms with E-state index < -0.39 is 23.4 Å². The quantitative estimate of drug-likeness (QED) is 0.541. The highest BCUT2D eigenvalue weighted by Gasteiger charge is 2.63. The molecule has 7 rings (SSSR count). The van der Waals surface area contributed by atoms with Gasteiger partial charge in [-0.3, -0.25) is 4.79 Å². The Morgan fingerprint density at radius 1 is 1.31 bits per heavy atom. The van der Waals surface area contributed by atoms with Crippen LogP contribution in [0.2, 0.25) is 0 Å². The average Bonchev–Trinajstić information content (AvgIpc) is 3.58. The topological polar surface area (TPSA) is 102 Å². The molecule has 3 aromatic rings. The van der Waals surface area contributed by atoms with Crippen LogP contribution in [0.4, 0.5) is 5.69 Å². The van der Waals surface area contributed by atoms with Gasteiger partial charge in [0.2, 0.25) is 5.60 Å². The van der Waals surface area contributed by atoms with Crippen molar-refractivity contribution in [2.75, 3.05) is 7.11 Å². The van der Waals surface area contributed by atoms with Gasteiger partial charge in [0.05, 0.1) is 41.2 Å². The van der Waals surface area contributed by atoms with E-state index in [1.165, 1.54) is 7.11 Å². The molecule has 1 amide bonds. The highest BCUT2D eigenvalue weighted by molar-refractivity contribution is 6.23. The Balaban J connectivity index is 1.69. The molecule has 4 atom stereocenters. The second kappa shape index (κ2) is 6.93. The summed E-state index contributed by atoms with van der Waals surface area (Å²) in [4.78, 5) is 31.2. The summed E-state index contributed by atoms with van der Waals surface area (Å²) in [6, 6.07) is 7.80. The van der Waals surface area contributed by atoms with E-state index in [-0.39, 0.29) is 18.2 Å². The number of nitrogens with one attached hydrogen (secondary N) is 1. The number of fused-ring (bicyclic) bond motifs is 10. The summed E-state index contributed by atoms with van der Waals surface area (Å²) in [5, 5.41) is 16.7. The molecule has 8 nitrogen and oxygen atoms in total. The molecule has 4 aliphatic rings. The van der Waals surface area contributed by atoms with Crippen molar-refractivity contribution in [3.63, 3.8) is 0 Å². The molecule has 0 saturated carbocycles. The molecule has 2 aromatic carbocycles. The summed E-state index contributed by atoms with van der Waals surface area (Å²) in [5.74, 6) is -1.00. The molecule has 0 spiro atoms. The van der Waals surface area contributed by atoms with Crippen molar-refractivity contribution in [2.24, 2.45) is 4.99 Å². The van der Waals surface area contributed by atoms with Crippen LogP contribution >= 0.6 is 0 Å². The van der Waals surface area contributed by atoms with Gasteiger partial charge in [0, 0.05) is 35.2 Å². The van der Waals surface area contributed by atoms with E-state index in [1.807, 2.05) is 54.0 Å². The number of carbonyl (C=O) groups is 2. The van der Waals surface area contributed by atoms with E-state index in [4.69, 9.17) is 14.5 Å². The number of rotatable bonds is 2. The summed E-state index contributed by atoms with van der Waals surface area (Å²) < 4.78 is 13.4. The molecule has 0 bridgehead atoms. The Labute approximate surface area is 206 Å². The monoisotopic (exact) mass is 483 g/mol. The first-order valence-corrected chi connectivity index (χ1v) is 12.1. The maximum absolute atomic E-state index is 13.1. The lowest BCUT2D eigenvalue weighted by molar-refractivity contribution is -0.199. The Morgan fingerprint density at radius 2 is 2.11 bits per heavy atom. The third-order valence-electron chi connectivity index (χ3n) is 8.16. The minimum atomic E-state index is -1.94. The van der Waals surface area contributed by atoms with Crippen LogP contribution in [0.1, 0.15) is 47.7 Å². The number of para-hydroxylation sites is 1. The van der Waals surface area contributed by atoms with Gasteiger partial charge >= 0.3 is 5.97 Å². The SMILES string of the molecule is COC(=O)C1(O)CC(C)OC1(C)n1c2ccccc2c2c3c(c4c(c21)N=C1C=CC=CC14)C(=O)NC3. The number of carbonyl (C=O) groups excluding carboxylic acids is 2. The smallest absolute Gasteiger partial charge is 0.343 e. The molecule has 2 N–H and O–H groups in total. The number of methoxy groups -OCH3 is 1. The van der Waals surface area contributed by atoms with Crippen LogP contribution in [0.15, 0.2) is 53.6 Å².